The fraction of sp³-hybridized carbons (Fsp3) is 0.500. The topological polar surface area (TPSA) is 79.8 Å². The first-order valence-electron chi connectivity index (χ1n) is 7.80. The second-order valence-electron chi connectivity index (χ2n) is 5.79. The van der Waals surface area contributed by atoms with Gasteiger partial charge in [0, 0.05) is 25.2 Å². The second-order valence-corrected chi connectivity index (χ2v) is 5.79. The van der Waals surface area contributed by atoms with E-state index in [9.17, 15) is 14.4 Å². The predicted octanol–water partition coefficient (Wildman–Crippen LogP) is 0.955. The van der Waals surface area contributed by atoms with E-state index < -0.39 is 6.09 Å². The Morgan fingerprint density at radius 1 is 1.30 bits per heavy atom. The average Bonchev–Trinajstić information content (AvgIpc) is 3.00. The minimum absolute atomic E-state index is 0.0172. The Kier molecular flexibility index (Phi) is 4.55. The molecule has 122 valence electrons. The van der Waals surface area contributed by atoms with Crippen LogP contribution in [0.3, 0.4) is 0 Å². The fourth-order valence-electron chi connectivity index (χ4n) is 2.97. The molecular weight excluding hydrogens is 298 g/mol. The van der Waals surface area contributed by atoms with Crippen LogP contribution in [-0.4, -0.2) is 65.4 Å². The van der Waals surface area contributed by atoms with E-state index in [2.05, 4.69) is 4.98 Å². The number of carbonyl (C=O) groups is 3. The molecule has 23 heavy (non-hydrogen) atoms. The van der Waals surface area contributed by atoms with Gasteiger partial charge in [0.2, 0.25) is 5.91 Å². The molecule has 1 aromatic heterocycles. The van der Waals surface area contributed by atoms with Crippen LogP contribution in [0, 0.1) is 5.92 Å². The Balaban J connectivity index is 1.60. The number of ether oxygens (including phenoxy) is 1. The van der Waals surface area contributed by atoms with Gasteiger partial charge in [-0.3, -0.25) is 19.5 Å². The highest BCUT2D eigenvalue weighted by Gasteiger charge is 2.32. The lowest BCUT2D eigenvalue weighted by molar-refractivity contribution is -0.133. The molecule has 2 fully saturated rings. The number of pyridine rings is 1. The van der Waals surface area contributed by atoms with Gasteiger partial charge < -0.3 is 9.64 Å². The highest BCUT2D eigenvalue weighted by Crippen LogP contribution is 2.20. The number of nitrogens with zero attached hydrogens (tertiary/aromatic N) is 3. The van der Waals surface area contributed by atoms with Crippen molar-refractivity contribution in [2.24, 2.45) is 5.92 Å². The van der Waals surface area contributed by atoms with E-state index in [-0.39, 0.29) is 24.2 Å². The molecule has 0 saturated carbocycles. The standard InChI is InChI=1S/C16H19N3O4/c20-14(11-19-8-9-23-16(19)22)18-7-3-4-12(10-18)15(21)13-5-1-2-6-17-13/h1-2,5-6,12H,3-4,7-11H2/t12-/m1/s1. The molecule has 0 spiro atoms. The summed E-state index contributed by atoms with van der Waals surface area (Å²) in [6.07, 6.45) is 2.68. The van der Waals surface area contributed by atoms with E-state index in [0.717, 1.165) is 12.8 Å². The fourth-order valence-corrected chi connectivity index (χ4v) is 2.97. The van der Waals surface area contributed by atoms with Gasteiger partial charge in [-0.15, -0.1) is 0 Å². The second kappa shape index (κ2) is 6.76. The van der Waals surface area contributed by atoms with Gasteiger partial charge in [-0.1, -0.05) is 6.07 Å². The summed E-state index contributed by atoms with van der Waals surface area (Å²) in [7, 11) is 0. The summed E-state index contributed by atoms with van der Waals surface area (Å²) in [6, 6.07) is 5.25. The third-order valence-corrected chi connectivity index (χ3v) is 4.23. The number of hydrogen-bond donors (Lipinski definition) is 0. The summed E-state index contributed by atoms with van der Waals surface area (Å²) in [4.78, 5) is 43.4. The largest absolute Gasteiger partial charge is 0.448 e. The summed E-state index contributed by atoms with van der Waals surface area (Å²) in [5.41, 5.74) is 0.440. The van der Waals surface area contributed by atoms with Crippen LogP contribution in [0.4, 0.5) is 4.79 Å². The van der Waals surface area contributed by atoms with E-state index in [4.69, 9.17) is 4.74 Å². The molecule has 3 heterocycles. The summed E-state index contributed by atoms with van der Waals surface area (Å²) >= 11 is 0. The summed E-state index contributed by atoms with van der Waals surface area (Å²) in [5, 5.41) is 0. The van der Waals surface area contributed by atoms with Gasteiger partial charge >= 0.3 is 6.09 Å². The van der Waals surface area contributed by atoms with Crippen LogP contribution in [0.15, 0.2) is 24.4 Å². The molecule has 1 atom stereocenters. The van der Waals surface area contributed by atoms with Crippen molar-refractivity contribution in [2.75, 3.05) is 32.8 Å². The van der Waals surface area contributed by atoms with Gasteiger partial charge in [0.25, 0.3) is 0 Å². The molecular formula is C16H19N3O4. The number of Topliss-reactive ketones (excluding diaryl/α,β-unsaturated/α-hetero) is 1. The van der Waals surface area contributed by atoms with Crippen molar-refractivity contribution >= 4 is 17.8 Å². The lowest BCUT2D eigenvalue weighted by Crippen LogP contribution is -2.46. The number of carbonyl (C=O) groups excluding carboxylic acids is 3. The van der Waals surface area contributed by atoms with Crippen molar-refractivity contribution in [3.8, 4) is 0 Å². The molecule has 0 unspecified atom stereocenters. The zero-order valence-electron chi connectivity index (χ0n) is 12.8. The lowest BCUT2D eigenvalue weighted by atomic mass is 9.92. The number of hydrogen-bond acceptors (Lipinski definition) is 5. The number of piperidine rings is 1. The number of likely N-dealkylation sites (tertiary alicyclic amines) is 1. The van der Waals surface area contributed by atoms with Gasteiger partial charge in [-0.2, -0.15) is 0 Å². The smallest absolute Gasteiger partial charge is 0.410 e. The van der Waals surface area contributed by atoms with Crippen LogP contribution in [0.25, 0.3) is 0 Å². The molecule has 0 radical (unpaired) electrons. The molecule has 7 nitrogen and oxygen atoms in total. The number of ketones is 1. The molecule has 1 aromatic rings. The van der Waals surface area contributed by atoms with E-state index in [0.29, 0.717) is 31.9 Å². The lowest BCUT2D eigenvalue weighted by Gasteiger charge is -2.32. The SMILES string of the molecule is O=C(c1ccccn1)[C@@H]1CCCN(C(=O)CN2CCOC2=O)C1. The maximum absolute atomic E-state index is 12.5. The predicted molar refractivity (Wildman–Crippen MR) is 80.8 cm³/mol. The summed E-state index contributed by atoms with van der Waals surface area (Å²) < 4.78 is 4.82. The van der Waals surface area contributed by atoms with Gasteiger partial charge in [-0.05, 0) is 25.0 Å². The van der Waals surface area contributed by atoms with Crippen molar-refractivity contribution in [3.05, 3.63) is 30.1 Å². The van der Waals surface area contributed by atoms with E-state index >= 15 is 0 Å². The van der Waals surface area contributed by atoms with Crippen molar-refractivity contribution in [3.63, 3.8) is 0 Å². The van der Waals surface area contributed by atoms with Crippen molar-refractivity contribution in [2.45, 2.75) is 12.8 Å². The molecule has 3 rings (SSSR count). The number of rotatable bonds is 4. The minimum Gasteiger partial charge on any atom is -0.448 e. The highest BCUT2D eigenvalue weighted by atomic mass is 16.6. The highest BCUT2D eigenvalue weighted by molar-refractivity contribution is 5.96. The Bertz CT molecular complexity index is 605. The Hall–Kier alpha value is -2.44. The molecule has 2 aliphatic heterocycles. The van der Waals surface area contributed by atoms with Crippen molar-refractivity contribution < 1.29 is 19.1 Å². The zero-order valence-corrected chi connectivity index (χ0v) is 12.8. The number of cyclic esters (lactones) is 1. The molecule has 0 aromatic carbocycles. The van der Waals surface area contributed by atoms with Gasteiger partial charge in [0.1, 0.15) is 18.8 Å². The normalized spacial score (nSPS) is 21.2. The maximum atomic E-state index is 12.5. The maximum Gasteiger partial charge on any atom is 0.410 e. The van der Waals surface area contributed by atoms with Crippen LogP contribution < -0.4 is 0 Å². The van der Waals surface area contributed by atoms with Gasteiger partial charge in [0.15, 0.2) is 5.78 Å². The molecule has 2 aliphatic rings. The van der Waals surface area contributed by atoms with Crippen LogP contribution >= 0.6 is 0 Å². The first-order valence-corrected chi connectivity index (χ1v) is 7.80. The quantitative estimate of drug-likeness (QED) is 0.773. The first kappa shape index (κ1) is 15.5. The Morgan fingerprint density at radius 3 is 2.87 bits per heavy atom. The molecule has 0 aliphatic carbocycles. The average molecular weight is 317 g/mol. The van der Waals surface area contributed by atoms with E-state index in [1.807, 2.05) is 0 Å². The molecule has 2 amide bonds. The Labute approximate surface area is 134 Å². The summed E-state index contributed by atoms with van der Waals surface area (Å²) in [6.45, 7) is 1.79. The monoisotopic (exact) mass is 317 g/mol. The molecule has 0 N–H and O–H groups in total. The first-order chi connectivity index (χ1) is 11.1. The van der Waals surface area contributed by atoms with Crippen LogP contribution in [0.1, 0.15) is 23.3 Å². The van der Waals surface area contributed by atoms with Gasteiger partial charge in [-0.25, -0.2) is 4.79 Å². The van der Waals surface area contributed by atoms with E-state index in [1.165, 1.54) is 4.90 Å². The summed E-state index contributed by atoms with van der Waals surface area (Å²) in [5.74, 6) is -0.390. The molecule has 0 bridgehead atoms. The third-order valence-electron chi connectivity index (χ3n) is 4.23. The van der Waals surface area contributed by atoms with Crippen LogP contribution in [0.2, 0.25) is 0 Å². The van der Waals surface area contributed by atoms with Crippen LogP contribution in [-0.2, 0) is 9.53 Å². The van der Waals surface area contributed by atoms with Gasteiger partial charge in [0.05, 0.1) is 6.54 Å². The third kappa shape index (κ3) is 3.49. The molecule has 2 saturated heterocycles. The van der Waals surface area contributed by atoms with Crippen molar-refractivity contribution in [1.82, 2.24) is 14.8 Å². The zero-order chi connectivity index (χ0) is 16.2. The Morgan fingerprint density at radius 2 is 2.17 bits per heavy atom. The van der Waals surface area contributed by atoms with Crippen molar-refractivity contribution in [1.29, 1.82) is 0 Å². The van der Waals surface area contributed by atoms with E-state index in [1.54, 1.807) is 29.3 Å². The molecule has 7 heteroatoms. The minimum atomic E-state index is -0.448. The number of aromatic nitrogens is 1. The number of amides is 2. The van der Waals surface area contributed by atoms with Crippen LogP contribution in [0.5, 0.6) is 0 Å².